The largest absolute Gasteiger partial charge is 0.412 e. The van der Waals surface area contributed by atoms with Gasteiger partial charge < -0.3 is 31.1 Å². The van der Waals surface area contributed by atoms with Gasteiger partial charge in [0.1, 0.15) is 23.0 Å². The van der Waals surface area contributed by atoms with Crippen molar-refractivity contribution >= 4 is 69.9 Å². The molecular weight excluding hydrogens is 1530 g/mol. The molecule has 32 nitrogen and oxygen atoms in total. The standard InChI is InChI=1S/C23H30N2O.C15H22N2O.C13H17NO.C7H7ClO2S.C6H5ClO2S.C5H9NO.C2H7NO.CH2O15.ClH.H2O/c1-19-5-3-7-21(15-19)17-24-11-9-23(10-12-24)25(13-14-26-23)18-22-8-4-6-20(2)16-22;1-13-3-2-4-14(11-13)12-17-8-5-15(6-9-17)16-7-10-18-15;1-11-3-2-4-12(9-11)10-14-7-5-13(15)6-8-14;1-6-3-2-4-7(5-6)11(8,9)10;7-10(8,9)6-4-2-1-3-5-6;7-5-1-3-6-4-2-5;3-1-2-4;2-1-4-6-8-10-12-14-16-15-13-11-9-7-5-3;;/h3-8,15-16H,9-14,17-18H2,1-2H3;2-4,11,16H,5-10,12H2,1H3;2-4,9H,5-8,10H2,1H3;2-5H,1H3;1-5H;6H,1-4H2;4H,1-3H2;1,3H;1H;1H2. The number of hydrogen-bond acceptors (Lipinski definition) is 31. The third kappa shape index (κ3) is 40.8. The average Bonchev–Trinajstić information content (AvgIpc) is 1.66. The summed E-state index contributed by atoms with van der Waals surface area (Å²) in [5.74, 6) is 0.814. The van der Waals surface area contributed by atoms with Gasteiger partial charge in [-0.05, 0) is 117 Å². The zero-order valence-electron chi connectivity index (χ0n) is 61.6. The summed E-state index contributed by atoms with van der Waals surface area (Å²) in [6.45, 7) is 26.8. The summed E-state index contributed by atoms with van der Waals surface area (Å²) >= 11 is 0. The Labute approximate surface area is 651 Å². The van der Waals surface area contributed by atoms with Crippen LogP contribution in [0.4, 0.5) is 0 Å². The number of piperidine rings is 4. The van der Waals surface area contributed by atoms with Crippen molar-refractivity contribution in [2.24, 2.45) is 5.73 Å². The topological polar surface area (TPSA) is 393 Å². The molecule has 0 amide bonds. The van der Waals surface area contributed by atoms with Gasteiger partial charge in [-0.2, -0.15) is 0 Å². The van der Waals surface area contributed by atoms with Crippen LogP contribution in [0, 0.1) is 34.6 Å². The number of Topliss-reactive ketones (excluding diaryl/α,β-unsaturated/α-hetero) is 2. The number of rotatable bonds is 24. The number of ether oxygens (including phenoxy) is 2. The fraction of sp³-hybridized carbons (Fsp3) is 0.458. The molecule has 0 atom stereocenters. The number of carbonyl (C=O) groups is 3. The molecule has 6 heterocycles. The number of carbonyl (C=O) groups excluding carboxylic acids is 3. The lowest BCUT2D eigenvalue weighted by Crippen LogP contribution is -2.52. The zero-order chi connectivity index (χ0) is 77.6. The normalized spacial score (nSPS) is 16.8. The van der Waals surface area contributed by atoms with E-state index in [4.69, 9.17) is 46.9 Å². The van der Waals surface area contributed by atoms with Gasteiger partial charge in [0.25, 0.3) is 18.1 Å². The monoisotopic (exact) mass is 1630 g/mol. The van der Waals surface area contributed by atoms with E-state index in [9.17, 15) is 31.2 Å². The number of benzene rings is 6. The Bertz CT molecular complexity index is 3720. The van der Waals surface area contributed by atoms with Crippen LogP contribution in [-0.2, 0) is 133 Å². The van der Waals surface area contributed by atoms with Crippen molar-refractivity contribution in [1.82, 2.24) is 30.2 Å². The number of nitrogens with two attached hydrogens (primary N) is 1. The molecule has 6 aromatic carbocycles. The highest BCUT2D eigenvalue weighted by Gasteiger charge is 2.44. The predicted molar refractivity (Wildman–Crippen MR) is 400 cm³/mol. The molecule has 0 aromatic heterocycles. The summed E-state index contributed by atoms with van der Waals surface area (Å²) in [6, 6.07) is 49.5. The SMILES string of the molecule is Cc1cccc(CN2CCC(=O)CC2)c1.Cc1cccc(CN2CCC3(CC2)NCCO3)c1.Cc1cccc(CN2CCC3(CC2)OCCN3Cc2cccc(C)c2)c1.Cc1cccc(S(=O)(=O)Cl)c1.Cl.NCCO.O.O=C1CCNCC1.O=COOOOOOOOOOOOOO.O=S(=O)(Cl)c1ccccc1. The number of halogens is 3. The minimum Gasteiger partial charge on any atom is -0.412 e. The van der Waals surface area contributed by atoms with E-state index < -0.39 is 18.1 Å². The van der Waals surface area contributed by atoms with E-state index in [2.05, 4.69) is 220 Å². The van der Waals surface area contributed by atoms with E-state index in [1.54, 1.807) is 24.3 Å². The minimum absolute atomic E-state index is 0. The van der Waals surface area contributed by atoms with Gasteiger partial charge in [-0.15, -0.1) is 12.4 Å². The first-order valence-electron chi connectivity index (χ1n) is 34.4. The summed E-state index contributed by atoms with van der Waals surface area (Å²) < 4.78 is 54.9. The highest BCUT2D eigenvalue weighted by molar-refractivity contribution is 8.14. The van der Waals surface area contributed by atoms with Crippen molar-refractivity contribution in [3.05, 3.63) is 202 Å². The van der Waals surface area contributed by atoms with Gasteiger partial charge in [0.15, 0.2) is 0 Å². The van der Waals surface area contributed by atoms with Crippen molar-refractivity contribution in [2.45, 2.75) is 133 Å². The number of hydrogen-bond donors (Lipinski definition) is 5. The van der Waals surface area contributed by atoms with E-state index in [1.807, 2.05) is 13.0 Å². The predicted octanol–water partition coefficient (Wildman–Crippen LogP) is 9.02. The fourth-order valence-electron chi connectivity index (χ4n) is 11.8. The highest BCUT2D eigenvalue weighted by Crippen LogP contribution is 2.36. The van der Waals surface area contributed by atoms with E-state index >= 15 is 0 Å². The lowest BCUT2D eigenvalue weighted by atomic mass is 9.97. The lowest BCUT2D eigenvalue weighted by Gasteiger charge is -2.43. The number of aryl methyl sites for hydroxylation is 5. The smallest absolute Gasteiger partial charge is 0.334 e. The molecule has 0 aliphatic carbocycles. The third-order valence-corrected chi connectivity index (χ3v) is 19.6. The lowest BCUT2D eigenvalue weighted by molar-refractivity contribution is -0.874. The van der Waals surface area contributed by atoms with Crippen molar-refractivity contribution in [2.75, 3.05) is 91.8 Å². The van der Waals surface area contributed by atoms with Crippen molar-refractivity contribution in [1.29, 1.82) is 0 Å². The van der Waals surface area contributed by atoms with Crippen molar-refractivity contribution in [3.63, 3.8) is 0 Å². The molecule has 6 saturated heterocycles. The summed E-state index contributed by atoms with van der Waals surface area (Å²) in [7, 11) is 3.05. The van der Waals surface area contributed by atoms with Gasteiger partial charge in [0.2, 0.25) is 0 Å². The molecule has 0 radical (unpaired) electrons. The number of likely N-dealkylation sites (tertiary alicyclic amines) is 3. The number of ketones is 2. The fourth-order valence-corrected chi connectivity index (χ4v) is 13.4. The van der Waals surface area contributed by atoms with Crippen LogP contribution in [-0.4, -0.2) is 174 Å². The van der Waals surface area contributed by atoms with Gasteiger partial charge >= 0.3 is 6.47 Å². The van der Waals surface area contributed by atoms with Gasteiger partial charge in [0, 0.05) is 201 Å². The molecule has 8 N–H and O–H groups in total. The van der Waals surface area contributed by atoms with Crippen LogP contribution >= 0.6 is 33.8 Å². The van der Waals surface area contributed by atoms with Crippen LogP contribution in [0.1, 0.15) is 101 Å². The first-order valence-corrected chi connectivity index (χ1v) is 39.0. The third-order valence-electron chi connectivity index (χ3n) is 16.8. The Morgan fingerprint density at radius 3 is 1.23 bits per heavy atom. The van der Waals surface area contributed by atoms with Crippen molar-refractivity contribution < 1.29 is 122 Å². The molecule has 6 fully saturated rings. The average molecular weight is 1640 g/mol. The first-order chi connectivity index (χ1) is 51.4. The van der Waals surface area contributed by atoms with Crippen LogP contribution in [0.3, 0.4) is 0 Å². The molecule has 0 unspecified atom stereocenters. The minimum atomic E-state index is -3.55. The van der Waals surface area contributed by atoms with E-state index in [0.717, 1.165) is 162 Å². The van der Waals surface area contributed by atoms with Gasteiger partial charge in [0.05, 0.1) is 29.6 Å². The van der Waals surface area contributed by atoms with E-state index in [1.165, 1.54) is 68.8 Å². The summed E-state index contributed by atoms with van der Waals surface area (Å²) in [4.78, 5) is 44.7. The summed E-state index contributed by atoms with van der Waals surface area (Å²) in [5, 5.41) is 62.1. The molecule has 0 saturated carbocycles. The van der Waals surface area contributed by atoms with Crippen LogP contribution in [0.15, 0.2) is 161 Å². The van der Waals surface area contributed by atoms with Crippen LogP contribution < -0.4 is 16.4 Å². The first kappa shape index (κ1) is 97.1. The Hall–Kier alpha value is -6.06. The molecule has 6 aliphatic rings. The number of aliphatic hydroxyl groups is 1. The molecule has 2 spiro atoms. The second-order valence-electron chi connectivity index (χ2n) is 25.1. The van der Waals surface area contributed by atoms with Crippen LogP contribution in [0.5, 0.6) is 0 Å². The summed E-state index contributed by atoms with van der Waals surface area (Å²) in [5.41, 5.74) is 16.5. The quantitative estimate of drug-likeness (QED) is 0.0124. The number of aliphatic hydroxyl groups excluding tert-OH is 1. The maximum absolute atomic E-state index is 11.1. The van der Waals surface area contributed by atoms with E-state index in [-0.39, 0.29) is 52.2 Å². The molecule has 37 heteroatoms. The second kappa shape index (κ2) is 54.6. The molecule has 6 aliphatic heterocycles. The Balaban J connectivity index is 0.000000336. The Kier molecular flexibility index (Phi) is 48.6. The van der Waals surface area contributed by atoms with Crippen LogP contribution in [0.25, 0.3) is 0 Å². The Morgan fingerprint density at radius 2 is 0.872 bits per heavy atom. The summed E-state index contributed by atoms with van der Waals surface area (Å²) in [6.07, 6.45) is 7.35. The number of nitrogens with zero attached hydrogens (tertiary/aromatic N) is 4. The van der Waals surface area contributed by atoms with Crippen LogP contribution in [0.2, 0.25) is 0 Å². The molecule has 6 aromatic rings. The molecular formula is C72H102Cl3N7O25S2. The molecule has 608 valence electrons. The number of nitrogens with one attached hydrogen (secondary N) is 2. The second-order valence-corrected chi connectivity index (χ2v) is 30.3. The highest BCUT2D eigenvalue weighted by atomic mass is 35.7. The van der Waals surface area contributed by atoms with Gasteiger partial charge in [-0.25, -0.2) is 22.1 Å². The Morgan fingerprint density at radius 1 is 0.486 bits per heavy atom. The maximum atomic E-state index is 11.1. The van der Waals surface area contributed by atoms with Crippen molar-refractivity contribution in [3.8, 4) is 0 Å². The zero-order valence-corrected chi connectivity index (χ0v) is 65.6. The maximum Gasteiger partial charge on any atom is 0.334 e. The van der Waals surface area contributed by atoms with Gasteiger partial charge in [-0.3, -0.25) is 44.2 Å². The van der Waals surface area contributed by atoms with E-state index in [0.29, 0.717) is 18.1 Å². The molecule has 109 heavy (non-hydrogen) atoms. The molecule has 0 bridgehead atoms. The molecule has 12 rings (SSSR count). The van der Waals surface area contributed by atoms with Gasteiger partial charge in [-0.1, -0.05) is 150 Å².